The molecular weight excluding hydrogens is 435 g/mol. The molecule has 1 heterocycles. The summed E-state index contributed by atoms with van der Waals surface area (Å²) in [4.78, 5) is 12.9. The van der Waals surface area contributed by atoms with Crippen molar-refractivity contribution in [1.29, 1.82) is 0 Å². The van der Waals surface area contributed by atoms with Crippen molar-refractivity contribution in [1.82, 2.24) is 5.32 Å². The summed E-state index contributed by atoms with van der Waals surface area (Å²) in [6.07, 6.45) is -2.58. The van der Waals surface area contributed by atoms with Gasteiger partial charge in [-0.2, -0.15) is 13.2 Å². The van der Waals surface area contributed by atoms with Crippen LogP contribution in [0.15, 0.2) is 66.4 Å². The molecule has 1 aliphatic heterocycles. The highest BCUT2D eigenvalue weighted by molar-refractivity contribution is 5.91. The second-order valence-electron chi connectivity index (χ2n) is 7.82. The van der Waals surface area contributed by atoms with Crippen LogP contribution >= 0.6 is 0 Å². The van der Waals surface area contributed by atoms with Gasteiger partial charge in [0, 0.05) is 31.6 Å². The van der Waals surface area contributed by atoms with Gasteiger partial charge in [-0.3, -0.25) is 4.79 Å². The Kier molecular flexibility index (Phi) is 8.52. The molecule has 0 aliphatic carbocycles. The van der Waals surface area contributed by atoms with Crippen molar-refractivity contribution in [3.8, 4) is 0 Å². The normalized spacial score (nSPS) is 20.6. The maximum absolute atomic E-state index is 13.0. The SMILES string of the molecule is CCO[C@@H]1OC(C(=O)NCc2ccccc2)=C[C@H](c2ccc(C(F)(F)F)cc2)[C@@H]1CCCO. The van der Waals surface area contributed by atoms with Gasteiger partial charge in [0.2, 0.25) is 6.29 Å². The molecule has 0 saturated heterocycles. The number of aliphatic hydroxyl groups excluding tert-OH is 1. The maximum atomic E-state index is 13.0. The Bertz CT molecular complexity index is 929. The van der Waals surface area contributed by atoms with E-state index in [2.05, 4.69) is 5.32 Å². The quantitative estimate of drug-likeness (QED) is 0.562. The second kappa shape index (κ2) is 11.3. The molecule has 0 bridgehead atoms. The van der Waals surface area contributed by atoms with E-state index in [9.17, 15) is 23.1 Å². The van der Waals surface area contributed by atoms with Gasteiger partial charge in [0.1, 0.15) is 0 Å². The van der Waals surface area contributed by atoms with Gasteiger partial charge in [-0.25, -0.2) is 0 Å². The van der Waals surface area contributed by atoms with Gasteiger partial charge in [-0.1, -0.05) is 42.5 Å². The summed E-state index contributed by atoms with van der Waals surface area (Å²) in [5, 5.41) is 12.1. The van der Waals surface area contributed by atoms with Crippen LogP contribution in [0.3, 0.4) is 0 Å². The van der Waals surface area contributed by atoms with Crippen molar-refractivity contribution in [3.63, 3.8) is 0 Å². The van der Waals surface area contributed by atoms with E-state index in [1.165, 1.54) is 12.1 Å². The lowest BCUT2D eigenvalue weighted by Gasteiger charge is -2.37. The van der Waals surface area contributed by atoms with Crippen LogP contribution in [0.25, 0.3) is 0 Å². The average Bonchev–Trinajstić information content (AvgIpc) is 2.81. The molecule has 0 unspecified atom stereocenters. The second-order valence-corrected chi connectivity index (χ2v) is 7.82. The van der Waals surface area contributed by atoms with Crippen molar-refractivity contribution in [3.05, 3.63) is 83.1 Å². The van der Waals surface area contributed by atoms with E-state index in [4.69, 9.17) is 9.47 Å². The first-order chi connectivity index (χ1) is 15.8. The first-order valence-electron chi connectivity index (χ1n) is 10.9. The van der Waals surface area contributed by atoms with Crippen LogP contribution in [0.2, 0.25) is 0 Å². The maximum Gasteiger partial charge on any atom is 0.416 e. The predicted molar refractivity (Wildman–Crippen MR) is 117 cm³/mol. The van der Waals surface area contributed by atoms with Gasteiger partial charge < -0.3 is 19.9 Å². The molecule has 3 atom stereocenters. The number of carbonyl (C=O) groups excluding carboxylic acids is 1. The summed E-state index contributed by atoms with van der Waals surface area (Å²) >= 11 is 0. The van der Waals surface area contributed by atoms with Crippen molar-refractivity contribution >= 4 is 5.91 Å². The standard InChI is InChI=1S/C25H28F3NO4/c1-2-32-24-20(9-6-14-30)21(18-10-12-19(13-11-18)25(26,27)28)15-22(33-24)23(31)29-16-17-7-4-3-5-8-17/h3-5,7-8,10-13,15,20-21,24,30H,2,6,9,14,16H2,1H3,(H,29,31)/t20-,21+,24+/m0/s1. The van der Waals surface area contributed by atoms with Crippen LogP contribution in [-0.2, 0) is 27.0 Å². The lowest BCUT2D eigenvalue weighted by Crippen LogP contribution is -2.39. The van der Waals surface area contributed by atoms with Gasteiger partial charge in [0.05, 0.1) is 5.56 Å². The van der Waals surface area contributed by atoms with E-state index in [0.717, 1.165) is 17.7 Å². The van der Waals surface area contributed by atoms with Crippen LogP contribution in [0, 0.1) is 5.92 Å². The molecular formula is C25H28F3NO4. The molecule has 8 heteroatoms. The number of benzene rings is 2. The van der Waals surface area contributed by atoms with Gasteiger partial charge in [-0.15, -0.1) is 0 Å². The number of rotatable bonds is 9. The third-order valence-corrected chi connectivity index (χ3v) is 5.55. The number of allylic oxidation sites excluding steroid dienone is 1. The summed E-state index contributed by atoms with van der Waals surface area (Å²) in [6.45, 7) is 2.40. The summed E-state index contributed by atoms with van der Waals surface area (Å²) in [6, 6.07) is 14.3. The van der Waals surface area contributed by atoms with Crippen LogP contribution in [-0.4, -0.2) is 30.5 Å². The number of aliphatic hydroxyl groups is 1. The van der Waals surface area contributed by atoms with Crippen LogP contribution < -0.4 is 5.32 Å². The van der Waals surface area contributed by atoms with E-state index >= 15 is 0 Å². The van der Waals surface area contributed by atoms with Crippen LogP contribution in [0.5, 0.6) is 0 Å². The van der Waals surface area contributed by atoms with E-state index in [0.29, 0.717) is 31.6 Å². The smallest absolute Gasteiger partial charge is 0.416 e. The van der Waals surface area contributed by atoms with Gasteiger partial charge in [0.25, 0.3) is 5.91 Å². The largest absolute Gasteiger partial charge is 0.459 e. The zero-order valence-electron chi connectivity index (χ0n) is 18.3. The molecule has 0 fully saturated rings. The molecule has 2 aromatic carbocycles. The molecule has 2 N–H and O–H groups in total. The Morgan fingerprint density at radius 2 is 1.82 bits per heavy atom. The van der Waals surface area contributed by atoms with E-state index in [1.54, 1.807) is 13.0 Å². The average molecular weight is 463 g/mol. The first kappa shape index (κ1) is 24.8. The van der Waals surface area contributed by atoms with Gasteiger partial charge in [0.15, 0.2) is 5.76 Å². The van der Waals surface area contributed by atoms with Crippen LogP contribution in [0.4, 0.5) is 13.2 Å². The molecule has 33 heavy (non-hydrogen) atoms. The number of hydrogen-bond acceptors (Lipinski definition) is 4. The summed E-state index contributed by atoms with van der Waals surface area (Å²) < 4.78 is 50.7. The number of nitrogens with one attached hydrogen (secondary N) is 1. The number of halogens is 3. The van der Waals surface area contributed by atoms with Gasteiger partial charge >= 0.3 is 6.18 Å². The molecule has 2 aromatic rings. The minimum Gasteiger partial charge on any atom is -0.459 e. The fourth-order valence-electron chi connectivity index (χ4n) is 3.90. The van der Waals surface area contributed by atoms with E-state index in [-0.39, 0.29) is 18.3 Å². The Labute approximate surface area is 191 Å². The molecule has 0 spiro atoms. The minimum atomic E-state index is -4.43. The summed E-state index contributed by atoms with van der Waals surface area (Å²) in [5.74, 6) is -1.06. The molecule has 0 aromatic heterocycles. The van der Waals surface area contributed by atoms with E-state index in [1.807, 2.05) is 30.3 Å². The number of hydrogen-bond donors (Lipinski definition) is 2. The number of carbonyl (C=O) groups is 1. The fraction of sp³-hybridized carbons (Fsp3) is 0.400. The fourth-order valence-corrected chi connectivity index (χ4v) is 3.90. The lowest BCUT2D eigenvalue weighted by molar-refractivity contribution is -0.166. The molecule has 178 valence electrons. The first-order valence-corrected chi connectivity index (χ1v) is 10.9. The third-order valence-electron chi connectivity index (χ3n) is 5.55. The topological polar surface area (TPSA) is 67.8 Å². The van der Waals surface area contributed by atoms with Crippen molar-refractivity contribution < 1.29 is 32.5 Å². The van der Waals surface area contributed by atoms with Crippen molar-refractivity contribution in [2.45, 2.75) is 44.7 Å². The lowest BCUT2D eigenvalue weighted by atomic mass is 9.80. The number of ether oxygens (including phenoxy) is 2. The highest BCUT2D eigenvalue weighted by atomic mass is 19.4. The molecule has 5 nitrogen and oxygen atoms in total. The molecule has 0 radical (unpaired) electrons. The Morgan fingerprint density at radius 3 is 2.42 bits per heavy atom. The highest BCUT2D eigenvalue weighted by Gasteiger charge is 2.38. The number of amides is 1. The van der Waals surface area contributed by atoms with Gasteiger partial charge in [-0.05, 0) is 49.1 Å². The predicted octanol–water partition coefficient (Wildman–Crippen LogP) is 4.77. The summed E-state index contributed by atoms with van der Waals surface area (Å²) in [7, 11) is 0. The van der Waals surface area contributed by atoms with E-state index < -0.39 is 29.9 Å². The minimum absolute atomic E-state index is 0.0385. The number of alkyl halides is 3. The van der Waals surface area contributed by atoms with Crippen molar-refractivity contribution in [2.75, 3.05) is 13.2 Å². The Balaban J connectivity index is 1.89. The summed E-state index contributed by atoms with van der Waals surface area (Å²) in [5.41, 5.74) is 0.799. The zero-order chi connectivity index (χ0) is 23.8. The Morgan fingerprint density at radius 1 is 1.12 bits per heavy atom. The molecule has 1 amide bonds. The molecule has 1 aliphatic rings. The molecule has 0 saturated carbocycles. The monoisotopic (exact) mass is 463 g/mol. The van der Waals surface area contributed by atoms with Crippen LogP contribution in [0.1, 0.15) is 42.4 Å². The highest BCUT2D eigenvalue weighted by Crippen LogP contribution is 2.40. The molecule has 3 rings (SSSR count). The zero-order valence-corrected chi connectivity index (χ0v) is 18.3. The third kappa shape index (κ3) is 6.58. The van der Waals surface area contributed by atoms with Crippen molar-refractivity contribution in [2.24, 2.45) is 5.92 Å². The Hall–Kier alpha value is -2.84.